The van der Waals surface area contributed by atoms with Gasteiger partial charge in [-0.15, -0.1) is 11.3 Å². The monoisotopic (exact) mass is 390 g/mol. The number of aldehydes is 1. The fourth-order valence-corrected chi connectivity index (χ4v) is 5.54. The lowest BCUT2D eigenvalue weighted by Crippen LogP contribution is -2.65. The first kappa shape index (κ1) is 18.8. The van der Waals surface area contributed by atoms with Crippen LogP contribution in [0.2, 0.25) is 0 Å². The van der Waals surface area contributed by atoms with E-state index in [-0.39, 0.29) is 24.4 Å². The Morgan fingerprint density at radius 1 is 1.33 bits per heavy atom. The number of carbonyl (C=O) groups excluding carboxylic acids is 3. The number of ether oxygens (including phenoxy) is 1. The number of Topliss-reactive ketones (excluding diaryl/α,β-unsaturated/α-hetero) is 1. The minimum atomic E-state index is -1.15. The summed E-state index contributed by atoms with van der Waals surface area (Å²) in [6.45, 7) is 0.681. The number of rotatable bonds is 6. The van der Waals surface area contributed by atoms with Gasteiger partial charge in [-0.25, -0.2) is 0 Å². The minimum absolute atomic E-state index is 0.0118. The number of fused-ring (bicyclic) bond motifs is 1. The van der Waals surface area contributed by atoms with Crippen LogP contribution in [0.3, 0.4) is 0 Å². The summed E-state index contributed by atoms with van der Waals surface area (Å²) in [6, 6.07) is 3.15. The van der Waals surface area contributed by atoms with E-state index < -0.39 is 11.7 Å². The number of thiophene rings is 1. The summed E-state index contributed by atoms with van der Waals surface area (Å²) < 4.78 is 5.61. The predicted octanol–water partition coefficient (Wildman–Crippen LogP) is 2.39. The molecule has 3 heterocycles. The fraction of sp³-hybridized carbons (Fsp3) is 0.650. The summed E-state index contributed by atoms with van der Waals surface area (Å²) in [5.41, 5.74) is -1.15. The highest BCUT2D eigenvalue weighted by Crippen LogP contribution is 2.37. The lowest BCUT2D eigenvalue weighted by molar-refractivity contribution is -0.129. The SMILES string of the molecule is O=CC(CC1CCCCC1)(NC(=O)c1cccs1)N1CCC2OCC(=O)C21. The number of hydrogen-bond donors (Lipinski definition) is 1. The number of carbonyl (C=O) groups is 3. The van der Waals surface area contributed by atoms with E-state index in [4.69, 9.17) is 4.74 Å². The molecule has 0 spiro atoms. The summed E-state index contributed by atoms with van der Waals surface area (Å²) in [5, 5.41) is 4.87. The van der Waals surface area contributed by atoms with Gasteiger partial charge in [-0.05, 0) is 30.2 Å². The molecule has 4 rings (SSSR count). The molecule has 3 fully saturated rings. The molecule has 0 radical (unpaired) electrons. The summed E-state index contributed by atoms with van der Waals surface area (Å²) in [6.07, 6.45) is 7.65. The smallest absolute Gasteiger partial charge is 0.263 e. The van der Waals surface area contributed by atoms with Crippen molar-refractivity contribution in [2.75, 3.05) is 13.2 Å². The largest absolute Gasteiger partial charge is 0.368 e. The number of hydrogen-bond acceptors (Lipinski definition) is 6. The van der Waals surface area contributed by atoms with E-state index >= 15 is 0 Å². The lowest BCUT2D eigenvalue weighted by Gasteiger charge is -2.43. The molecular weight excluding hydrogens is 364 g/mol. The zero-order chi connectivity index (χ0) is 18.9. The summed E-state index contributed by atoms with van der Waals surface area (Å²) in [7, 11) is 0. The quantitative estimate of drug-likeness (QED) is 0.755. The third kappa shape index (κ3) is 3.60. The maximum absolute atomic E-state index is 12.8. The van der Waals surface area contributed by atoms with Gasteiger partial charge in [0.15, 0.2) is 17.7 Å². The van der Waals surface area contributed by atoms with Crippen LogP contribution in [-0.2, 0) is 14.3 Å². The van der Waals surface area contributed by atoms with E-state index in [1.807, 2.05) is 16.3 Å². The van der Waals surface area contributed by atoms with Gasteiger partial charge in [-0.3, -0.25) is 19.3 Å². The number of ketones is 1. The molecule has 0 aromatic carbocycles. The van der Waals surface area contributed by atoms with Crippen molar-refractivity contribution < 1.29 is 19.1 Å². The Labute approximate surface area is 163 Å². The van der Waals surface area contributed by atoms with Gasteiger partial charge in [0, 0.05) is 6.54 Å². The van der Waals surface area contributed by atoms with Crippen molar-refractivity contribution in [3.05, 3.63) is 22.4 Å². The molecule has 2 saturated heterocycles. The molecule has 1 saturated carbocycles. The topological polar surface area (TPSA) is 75.7 Å². The standard InChI is InChI=1S/C20H26N2O4S/c23-13-20(11-14-5-2-1-3-6-14,21-19(25)17-7-4-10-27-17)22-9-8-16-18(22)15(24)12-26-16/h4,7,10,13-14,16,18H,1-3,5-6,8-9,11-12H2,(H,21,25). The van der Waals surface area contributed by atoms with Gasteiger partial charge >= 0.3 is 0 Å². The molecule has 6 nitrogen and oxygen atoms in total. The molecule has 1 amide bonds. The van der Waals surface area contributed by atoms with Crippen LogP contribution in [0.4, 0.5) is 0 Å². The average Bonchev–Trinajstić information content (AvgIpc) is 3.42. The molecule has 0 bridgehead atoms. The van der Waals surface area contributed by atoms with Gasteiger partial charge in [-0.2, -0.15) is 0 Å². The summed E-state index contributed by atoms with van der Waals surface area (Å²) in [4.78, 5) is 40.3. The van der Waals surface area contributed by atoms with Crippen molar-refractivity contribution >= 4 is 29.3 Å². The first-order chi connectivity index (χ1) is 13.1. The maximum atomic E-state index is 12.8. The van der Waals surface area contributed by atoms with Crippen molar-refractivity contribution in [1.82, 2.24) is 10.2 Å². The molecule has 1 aromatic rings. The maximum Gasteiger partial charge on any atom is 0.263 e. The van der Waals surface area contributed by atoms with Crippen molar-refractivity contribution in [2.45, 2.75) is 62.8 Å². The molecule has 7 heteroatoms. The average molecular weight is 391 g/mol. The second-order valence-corrected chi connectivity index (χ2v) is 8.87. The Morgan fingerprint density at radius 3 is 2.85 bits per heavy atom. The van der Waals surface area contributed by atoms with Crippen LogP contribution in [0.1, 0.15) is 54.6 Å². The van der Waals surface area contributed by atoms with E-state index in [9.17, 15) is 14.4 Å². The molecule has 2 aliphatic heterocycles. The molecule has 3 atom stereocenters. The van der Waals surface area contributed by atoms with Crippen LogP contribution in [-0.4, -0.2) is 53.8 Å². The molecule has 3 unspecified atom stereocenters. The normalized spacial score (nSPS) is 28.7. The number of nitrogens with one attached hydrogen (secondary N) is 1. The molecule has 146 valence electrons. The van der Waals surface area contributed by atoms with Gasteiger partial charge in [-0.1, -0.05) is 38.2 Å². The molecule has 3 aliphatic rings. The molecule has 1 aliphatic carbocycles. The summed E-state index contributed by atoms with van der Waals surface area (Å²) in [5.74, 6) is 0.143. The van der Waals surface area contributed by atoms with E-state index in [2.05, 4.69) is 5.32 Å². The second-order valence-electron chi connectivity index (χ2n) is 7.92. The third-order valence-corrected chi connectivity index (χ3v) is 7.09. The molecule has 27 heavy (non-hydrogen) atoms. The van der Waals surface area contributed by atoms with Gasteiger partial charge < -0.3 is 10.1 Å². The molecule has 1 N–H and O–H groups in total. The van der Waals surface area contributed by atoms with E-state index in [0.717, 1.165) is 32.0 Å². The molecule has 1 aromatic heterocycles. The third-order valence-electron chi connectivity index (χ3n) is 6.22. The molecular formula is C20H26N2O4S. The van der Waals surface area contributed by atoms with Crippen molar-refractivity contribution in [2.24, 2.45) is 5.92 Å². The Balaban J connectivity index is 1.63. The van der Waals surface area contributed by atoms with E-state index in [1.165, 1.54) is 17.8 Å². The highest BCUT2D eigenvalue weighted by atomic mass is 32.1. The Kier molecular flexibility index (Phi) is 5.43. The van der Waals surface area contributed by atoms with Gasteiger partial charge in [0.05, 0.1) is 17.0 Å². The number of likely N-dealkylation sites (tertiary alicyclic amines) is 1. The zero-order valence-electron chi connectivity index (χ0n) is 15.4. The van der Waals surface area contributed by atoms with Gasteiger partial charge in [0.1, 0.15) is 6.61 Å². The minimum Gasteiger partial charge on any atom is -0.368 e. The predicted molar refractivity (Wildman–Crippen MR) is 102 cm³/mol. The van der Waals surface area contributed by atoms with Crippen LogP contribution in [0, 0.1) is 5.92 Å². The van der Waals surface area contributed by atoms with E-state index in [1.54, 1.807) is 6.07 Å². The first-order valence-electron chi connectivity index (χ1n) is 9.86. The number of amides is 1. The highest BCUT2D eigenvalue weighted by molar-refractivity contribution is 7.12. The van der Waals surface area contributed by atoms with Crippen LogP contribution in [0.5, 0.6) is 0 Å². The zero-order valence-corrected chi connectivity index (χ0v) is 16.2. The van der Waals surface area contributed by atoms with Crippen molar-refractivity contribution in [1.29, 1.82) is 0 Å². The number of nitrogens with zero attached hydrogens (tertiary/aromatic N) is 1. The Bertz CT molecular complexity index is 701. The second kappa shape index (κ2) is 7.81. The van der Waals surface area contributed by atoms with E-state index in [0.29, 0.717) is 30.2 Å². The lowest BCUT2D eigenvalue weighted by atomic mass is 9.82. The Morgan fingerprint density at radius 2 is 2.15 bits per heavy atom. The van der Waals surface area contributed by atoms with Crippen LogP contribution in [0.15, 0.2) is 17.5 Å². The van der Waals surface area contributed by atoms with Crippen molar-refractivity contribution in [3.63, 3.8) is 0 Å². The van der Waals surface area contributed by atoms with Crippen molar-refractivity contribution in [3.8, 4) is 0 Å². The van der Waals surface area contributed by atoms with Crippen LogP contribution < -0.4 is 5.32 Å². The van der Waals surface area contributed by atoms with Gasteiger partial charge in [0.2, 0.25) is 0 Å². The highest BCUT2D eigenvalue weighted by Gasteiger charge is 2.54. The first-order valence-corrected chi connectivity index (χ1v) is 10.7. The van der Waals surface area contributed by atoms with Crippen LogP contribution >= 0.6 is 11.3 Å². The van der Waals surface area contributed by atoms with Crippen LogP contribution in [0.25, 0.3) is 0 Å². The Hall–Kier alpha value is -1.57. The fourth-order valence-electron chi connectivity index (χ4n) is 4.92. The summed E-state index contributed by atoms with van der Waals surface area (Å²) >= 11 is 1.35. The van der Waals surface area contributed by atoms with Gasteiger partial charge in [0.25, 0.3) is 5.91 Å².